The lowest BCUT2D eigenvalue weighted by atomic mass is 10.1. The number of nitrogens with one attached hydrogen (secondary N) is 2. The molecule has 0 bridgehead atoms. The minimum absolute atomic E-state index is 0.0986. The van der Waals surface area contributed by atoms with Gasteiger partial charge in [0.2, 0.25) is 0 Å². The number of aromatic nitrogens is 1. The van der Waals surface area contributed by atoms with Crippen LogP contribution in [0.15, 0.2) is 4.52 Å². The average Bonchev–Trinajstić information content (AvgIpc) is 2.97. The summed E-state index contributed by atoms with van der Waals surface area (Å²) >= 11 is 1.99. The fourth-order valence-electron chi connectivity index (χ4n) is 3.06. The number of hydrogen-bond donors (Lipinski definition) is 2. The Hall–Kier alpha value is -1.17. The first-order valence-corrected chi connectivity index (χ1v) is 8.67. The molecule has 1 fully saturated rings. The molecule has 2 rings (SSSR count). The van der Waals surface area contributed by atoms with Crippen molar-refractivity contribution in [2.75, 3.05) is 5.75 Å². The fourth-order valence-corrected chi connectivity index (χ4v) is 4.20. The zero-order valence-electron chi connectivity index (χ0n) is 13.2. The summed E-state index contributed by atoms with van der Waals surface area (Å²) in [6.45, 7) is 7.90. The van der Waals surface area contributed by atoms with Crippen LogP contribution in [-0.2, 0) is 0 Å². The second-order valence-corrected chi connectivity index (χ2v) is 7.24. The Labute approximate surface area is 130 Å². The second kappa shape index (κ2) is 7.20. The van der Waals surface area contributed by atoms with Gasteiger partial charge in [-0.25, -0.2) is 4.79 Å². The van der Waals surface area contributed by atoms with E-state index in [0.717, 1.165) is 35.6 Å². The molecule has 1 saturated carbocycles. The lowest BCUT2D eigenvalue weighted by Crippen LogP contribution is -2.42. The highest BCUT2D eigenvalue weighted by Gasteiger charge is 2.26. The van der Waals surface area contributed by atoms with Gasteiger partial charge < -0.3 is 15.2 Å². The first-order valence-electron chi connectivity index (χ1n) is 7.62. The summed E-state index contributed by atoms with van der Waals surface area (Å²) in [4.78, 5) is 12.1. The molecule has 1 aromatic rings. The van der Waals surface area contributed by atoms with Gasteiger partial charge in [0.05, 0.1) is 11.7 Å². The molecule has 2 amide bonds. The number of urea groups is 1. The van der Waals surface area contributed by atoms with E-state index < -0.39 is 0 Å². The van der Waals surface area contributed by atoms with Crippen molar-refractivity contribution in [1.29, 1.82) is 0 Å². The number of hydrogen-bond acceptors (Lipinski definition) is 4. The minimum atomic E-state index is -0.102. The number of carbonyl (C=O) groups excluding carboxylic acids is 1. The van der Waals surface area contributed by atoms with Crippen LogP contribution in [0, 0.1) is 13.8 Å². The van der Waals surface area contributed by atoms with Gasteiger partial charge in [-0.1, -0.05) is 12.1 Å². The number of aryl methyl sites for hydroxylation is 2. The summed E-state index contributed by atoms with van der Waals surface area (Å²) < 4.78 is 5.15. The van der Waals surface area contributed by atoms with Crippen molar-refractivity contribution in [2.45, 2.75) is 64.3 Å². The van der Waals surface area contributed by atoms with Crippen LogP contribution < -0.4 is 10.6 Å². The Kier molecular flexibility index (Phi) is 5.56. The summed E-state index contributed by atoms with van der Waals surface area (Å²) in [5.41, 5.74) is 1.80. The Morgan fingerprint density at radius 3 is 2.86 bits per heavy atom. The maximum absolute atomic E-state index is 12.1. The smallest absolute Gasteiger partial charge is 0.315 e. The van der Waals surface area contributed by atoms with E-state index >= 15 is 0 Å². The van der Waals surface area contributed by atoms with E-state index in [2.05, 4.69) is 22.7 Å². The molecule has 5 nitrogen and oxygen atoms in total. The van der Waals surface area contributed by atoms with E-state index in [-0.39, 0.29) is 12.1 Å². The van der Waals surface area contributed by atoms with Gasteiger partial charge in [0.25, 0.3) is 0 Å². The monoisotopic (exact) mass is 311 g/mol. The van der Waals surface area contributed by atoms with Crippen LogP contribution >= 0.6 is 11.8 Å². The van der Waals surface area contributed by atoms with Crippen molar-refractivity contribution in [3.8, 4) is 0 Å². The lowest BCUT2D eigenvalue weighted by molar-refractivity contribution is 0.234. The summed E-state index contributed by atoms with van der Waals surface area (Å²) in [6, 6.07) is 0.0963. The van der Waals surface area contributed by atoms with Gasteiger partial charge in [-0.05, 0) is 45.8 Å². The topological polar surface area (TPSA) is 67.2 Å². The Balaban J connectivity index is 1.82. The maximum atomic E-state index is 12.1. The third-order valence-corrected chi connectivity index (χ3v) is 5.22. The Morgan fingerprint density at radius 1 is 1.48 bits per heavy atom. The second-order valence-electron chi connectivity index (χ2n) is 5.66. The van der Waals surface area contributed by atoms with Crippen molar-refractivity contribution in [3.05, 3.63) is 17.0 Å². The highest BCUT2D eigenvalue weighted by Crippen LogP contribution is 2.29. The van der Waals surface area contributed by atoms with Gasteiger partial charge >= 0.3 is 6.03 Å². The highest BCUT2D eigenvalue weighted by molar-refractivity contribution is 7.99. The van der Waals surface area contributed by atoms with Crippen LogP contribution in [-0.4, -0.2) is 28.2 Å². The first kappa shape index (κ1) is 16.2. The molecule has 2 N–H and O–H groups in total. The first-order chi connectivity index (χ1) is 10.0. The SMILES string of the molecule is CCS[C@@H]1CC[C@@H](NC(=O)N[C@@H](C)c2c(C)noc2C)C1. The molecule has 0 aliphatic heterocycles. The third kappa shape index (κ3) is 4.15. The molecule has 1 aliphatic rings. The summed E-state index contributed by atoms with van der Waals surface area (Å²) in [7, 11) is 0. The molecule has 0 aromatic carbocycles. The van der Waals surface area contributed by atoms with Crippen LogP contribution in [0.2, 0.25) is 0 Å². The molecule has 0 spiro atoms. The lowest BCUT2D eigenvalue weighted by Gasteiger charge is -2.18. The standard InChI is InChI=1S/C15H25N3O2S/c1-5-21-13-7-6-12(8-13)17-15(19)16-9(2)14-10(3)18-20-11(14)4/h9,12-13H,5-8H2,1-4H3,(H2,16,17,19)/t9-,12+,13+/m0/s1. The molecule has 118 valence electrons. The molecule has 1 aromatic heterocycles. The highest BCUT2D eigenvalue weighted by atomic mass is 32.2. The fraction of sp³-hybridized carbons (Fsp3) is 0.733. The van der Waals surface area contributed by atoms with E-state index in [1.807, 2.05) is 32.5 Å². The van der Waals surface area contributed by atoms with E-state index in [1.54, 1.807) is 0 Å². The van der Waals surface area contributed by atoms with Gasteiger partial charge in [-0.2, -0.15) is 11.8 Å². The van der Waals surface area contributed by atoms with Crippen molar-refractivity contribution in [3.63, 3.8) is 0 Å². The number of rotatable bonds is 5. The minimum Gasteiger partial charge on any atom is -0.361 e. The quantitative estimate of drug-likeness (QED) is 0.875. The van der Waals surface area contributed by atoms with E-state index in [4.69, 9.17) is 4.52 Å². The average molecular weight is 311 g/mol. The number of amides is 2. The molecule has 6 heteroatoms. The van der Waals surface area contributed by atoms with Crippen molar-refractivity contribution < 1.29 is 9.32 Å². The van der Waals surface area contributed by atoms with Crippen molar-refractivity contribution in [2.24, 2.45) is 0 Å². The molecule has 0 radical (unpaired) electrons. The van der Waals surface area contributed by atoms with Gasteiger partial charge in [0.1, 0.15) is 5.76 Å². The van der Waals surface area contributed by atoms with Crippen LogP contribution in [0.1, 0.15) is 56.2 Å². The molecule has 0 unspecified atom stereocenters. The number of nitrogens with zero attached hydrogens (tertiary/aromatic N) is 1. The molecule has 1 aliphatic carbocycles. The van der Waals surface area contributed by atoms with Crippen LogP contribution in [0.3, 0.4) is 0 Å². The van der Waals surface area contributed by atoms with Gasteiger partial charge in [0, 0.05) is 16.9 Å². The molecule has 21 heavy (non-hydrogen) atoms. The maximum Gasteiger partial charge on any atom is 0.315 e. The van der Waals surface area contributed by atoms with Crippen LogP contribution in [0.4, 0.5) is 4.79 Å². The molecule has 0 saturated heterocycles. The third-order valence-electron chi connectivity index (χ3n) is 3.99. The normalized spacial score (nSPS) is 23.0. The zero-order valence-corrected chi connectivity index (χ0v) is 14.0. The van der Waals surface area contributed by atoms with E-state index in [9.17, 15) is 4.79 Å². The van der Waals surface area contributed by atoms with Crippen LogP contribution in [0.5, 0.6) is 0 Å². The largest absolute Gasteiger partial charge is 0.361 e. The summed E-state index contributed by atoms with van der Waals surface area (Å²) in [6.07, 6.45) is 3.35. The summed E-state index contributed by atoms with van der Waals surface area (Å²) in [5, 5.41) is 10.7. The summed E-state index contributed by atoms with van der Waals surface area (Å²) in [5.74, 6) is 1.91. The molecular weight excluding hydrogens is 286 g/mol. The van der Waals surface area contributed by atoms with E-state index in [1.165, 1.54) is 6.42 Å². The Morgan fingerprint density at radius 2 is 2.24 bits per heavy atom. The molecular formula is C15H25N3O2S. The molecule has 3 atom stereocenters. The molecule has 1 heterocycles. The van der Waals surface area contributed by atoms with Gasteiger partial charge in [-0.15, -0.1) is 0 Å². The Bertz CT molecular complexity index is 470. The van der Waals surface area contributed by atoms with Gasteiger partial charge in [-0.3, -0.25) is 0 Å². The number of carbonyl (C=O) groups is 1. The predicted molar refractivity (Wildman–Crippen MR) is 85.6 cm³/mol. The predicted octanol–water partition coefficient (Wildman–Crippen LogP) is 3.33. The van der Waals surface area contributed by atoms with E-state index in [0.29, 0.717) is 11.3 Å². The van der Waals surface area contributed by atoms with Crippen molar-refractivity contribution >= 4 is 17.8 Å². The number of thioether (sulfide) groups is 1. The van der Waals surface area contributed by atoms with Crippen molar-refractivity contribution in [1.82, 2.24) is 15.8 Å². The van der Waals surface area contributed by atoms with Gasteiger partial charge in [0.15, 0.2) is 0 Å². The zero-order chi connectivity index (χ0) is 15.4. The van der Waals surface area contributed by atoms with Crippen LogP contribution in [0.25, 0.3) is 0 Å².